The molecule has 0 spiro atoms. The van der Waals surface area contributed by atoms with Gasteiger partial charge in [-0.2, -0.15) is 0 Å². The number of anilines is 1. The standard InChI is InChI=1S/C39H48N4O2.CH4O/c1-5-7-19-42-38-33-13-10-14-34(39(45)43(4)20-8-6-2)36(33)30(24-44)23-35(38)28-11-9-12-29(22-28)37(41)32-18-16-27-21-26(27)15-17-31(32)25(3)40;1-2/h9-14,22-24,26-27,40-42H,5-8,15-21H2,1-4H3;2H,1H3/b32-31-,40-25?,41-37?;. The Labute approximate surface area is 280 Å². The Morgan fingerprint density at radius 1 is 0.979 bits per heavy atom. The molecule has 3 aromatic carbocycles. The van der Waals surface area contributed by atoms with E-state index in [9.17, 15) is 15.0 Å². The molecule has 0 radical (unpaired) electrons. The van der Waals surface area contributed by atoms with E-state index in [4.69, 9.17) is 10.5 Å². The van der Waals surface area contributed by atoms with Crippen molar-refractivity contribution in [3.8, 4) is 11.1 Å². The summed E-state index contributed by atoms with van der Waals surface area (Å²) >= 11 is 0. The molecule has 2 aliphatic carbocycles. The predicted octanol–water partition coefficient (Wildman–Crippen LogP) is 8.93. The van der Waals surface area contributed by atoms with Gasteiger partial charge in [0.25, 0.3) is 5.91 Å². The number of allylic oxidation sites excluding steroid dienone is 2. The van der Waals surface area contributed by atoms with Crippen molar-refractivity contribution in [1.29, 1.82) is 10.8 Å². The summed E-state index contributed by atoms with van der Waals surface area (Å²) < 4.78 is 0. The van der Waals surface area contributed by atoms with Gasteiger partial charge in [-0.05, 0) is 98.6 Å². The molecule has 0 saturated heterocycles. The molecule has 2 aliphatic rings. The minimum Gasteiger partial charge on any atom is -0.400 e. The number of benzene rings is 3. The number of rotatable bonds is 13. The average molecular weight is 637 g/mol. The molecule has 4 N–H and O–H groups in total. The summed E-state index contributed by atoms with van der Waals surface area (Å²) in [5.41, 5.74) is 7.66. The first-order valence-corrected chi connectivity index (χ1v) is 17.2. The third-order valence-corrected chi connectivity index (χ3v) is 9.76. The third kappa shape index (κ3) is 8.07. The van der Waals surface area contributed by atoms with Gasteiger partial charge >= 0.3 is 0 Å². The maximum Gasteiger partial charge on any atom is 0.254 e. The lowest BCUT2D eigenvalue weighted by molar-refractivity contribution is 0.0795. The maximum absolute atomic E-state index is 13.6. The number of amides is 1. The van der Waals surface area contributed by atoms with Gasteiger partial charge in [-0.1, -0.05) is 57.0 Å². The molecule has 7 heteroatoms. The van der Waals surface area contributed by atoms with Crippen LogP contribution in [0.3, 0.4) is 0 Å². The molecule has 7 nitrogen and oxygen atoms in total. The molecule has 5 rings (SSSR count). The van der Waals surface area contributed by atoms with Crippen molar-refractivity contribution in [3.05, 3.63) is 76.4 Å². The number of aldehydes is 1. The molecule has 1 saturated carbocycles. The Morgan fingerprint density at radius 2 is 1.66 bits per heavy atom. The summed E-state index contributed by atoms with van der Waals surface area (Å²) in [6.07, 6.45) is 10.0. The van der Waals surface area contributed by atoms with Crippen LogP contribution in [0.5, 0.6) is 0 Å². The molecule has 0 aromatic heterocycles. The van der Waals surface area contributed by atoms with Crippen LogP contribution in [0.1, 0.15) is 105 Å². The number of hydrogen-bond donors (Lipinski definition) is 4. The first-order chi connectivity index (χ1) is 22.8. The van der Waals surface area contributed by atoms with E-state index in [1.54, 1.807) is 4.90 Å². The van der Waals surface area contributed by atoms with E-state index < -0.39 is 0 Å². The van der Waals surface area contributed by atoms with Crippen LogP contribution < -0.4 is 5.32 Å². The molecule has 2 unspecified atom stereocenters. The second-order valence-corrected chi connectivity index (χ2v) is 13.0. The van der Waals surface area contributed by atoms with Crippen LogP contribution in [0.4, 0.5) is 5.69 Å². The van der Waals surface area contributed by atoms with E-state index in [2.05, 4.69) is 25.2 Å². The van der Waals surface area contributed by atoms with E-state index in [-0.39, 0.29) is 5.91 Å². The number of aliphatic hydroxyl groups is 1. The van der Waals surface area contributed by atoms with Gasteiger partial charge < -0.3 is 20.7 Å². The van der Waals surface area contributed by atoms with Crippen molar-refractivity contribution in [2.45, 2.75) is 78.6 Å². The summed E-state index contributed by atoms with van der Waals surface area (Å²) in [7, 11) is 2.83. The lowest BCUT2D eigenvalue weighted by Gasteiger charge is -2.22. The third-order valence-electron chi connectivity index (χ3n) is 9.76. The van der Waals surface area contributed by atoms with E-state index in [0.29, 0.717) is 34.5 Å². The Hall–Kier alpha value is -4.10. The Balaban J connectivity index is 0.00000245. The summed E-state index contributed by atoms with van der Waals surface area (Å²) in [6.45, 7) is 7.55. The fraction of sp³-hybridized carbons (Fsp3) is 0.450. The highest BCUT2D eigenvalue weighted by Crippen LogP contribution is 2.48. The molecule has 3 aromatic rings. The van der Waals surface area contributed by atoms with Crippen LogP contribution in [-0.2, 0) is 0 Å². The van der Waals surface area contributed by atoms with Gasteiger partial charge in [0.1, 0.15) is 0 Å². The lowest BCUT2D eigenvalue weighted by atomic mass is 9.85. The number of carbonyl (C=O) groups excluding carboxylic acids is 2. The van der Waals surface area contributed by atoms with Crippen molar-refractivity contribution in [1.82, 2.24) is 4.90 Å². The molecule has 2 atom stereocenters. The normalized spacial score (nSPS) is 18.6. The van der Waals surface area contributed by atoms with E-state index in [0.717, 1.165) is 122 Å². The molecule has 1 amide bonds. The maximum atomic E-state index is 13.6. The summed E-state index contributed by atoms with van der Waals surface area (Å²) in [4.78, 5) is 28.0. The number of nitrogens with zero attached hydrogens (tertiary/aromatic N) is 1. The molecule has 0 heterocycles. The molecular formula is C40H52N4O3. The zero-order valence-corrected chi connectivity index (χ0v) is 28.8. The number of carbonyl (C=O) groups is 2. The fourth-order valence-corrected chi connectivity index (χ4v) is 6.98. The predicted molar refractivity (Wildman–Crippen MR) is 196 cm³/mol. The largest absolute Gasteiger partial charge is 0.400 e. The lowest BCUT2D eigenvalue weighted by Crippen LogP contribution is -2.28. The van der Waals surface area contributed by atoms with E-state index in [1.807, 2.05) is 56.4 Å². The van der Waals surface area contributed by atoms with Crippen LogP contribution >= 0.6 is 0 Å². The number of unbranched alkanes of at least 4 members (excludes halogenated alkanes) is 2. The van der Waals surface area contributed by atoms with Crippen molar-refractivity contribution in [2.75, 3.05) is 32.6 Å². The van der Waals surface area contributed by atoms with Gasteiger partial charge in [-0.15, -0.1) is 0 Å². The van der Waals surface area contributed by atoms with Gasteiger partial charge in [0.15, 0.2) is 6.29 Å². The second-order valence-electron chi connectivity index (χ2n) is 13.0. The highest BCUT2D eigenvalue weighted by Gasteiger charge is 2.38. The topological polar surface area (TPSA) is 117 Å². The highest BCUT2D eigenvalue weighted by molar-refractivity contribution is 6.18. The fourth-order valence-electron chi connectivity index (χ4n) is 6.98. The van der Waals surface area contributed by atoms with Crippen molar-refractivity contribution in [2.24, 2.45) is 11.8 Å². The number of nitrogens with one attached hydrogen (secondary N) is 3. The molecule has 250 valence electrons. The number of fused-ring (bicyclic) bond motifs is 2. The minimum atomic E-state index is -0.0813. The molecule has 0 bridgehead atoms. The van der Waals surface area contributed by atoms with Gasteiger partial charge in [-0.25, -0.2) is 0 Å². The van der Waals surface area contributed by atoms with Crippen LogP contribution in [0.15, 0.2) is 59.7 Å². The van der Waals surface area contributed by atoms with Gasteiger partial charge in [-0.3, -0.25) is 15.0 Å². The Bertz CT molecular complexity index is 1660. The molecular weight excluding hydrogens is 584 g/mol. The minimum absolute atomic E-state index is 0.0813. The summed E-state index contributed by atoms with van der Waals surface area (Å²) in [5.74, 6) is 1.48. The van der Waals surface area contributed by atoms with Crippen LogP contribution in [-0.4, -0.2) is 60.9 Å². The van der Waals surface area contributed by atoms with E-state index in [1.165, 1.54) is 6.42 Å². The van der Waals surface area contributed by atoms with Crippen molar-refractivity contribution < 1.29 is 14.7 Å². The van der Waals surface area contributed by atoms with Gasteiger partial charge in [0.05, 0.1) is 5.71 Å². The summed E-state index contributed by atoms with van der Waals surface area (Å²) in [6, 6.07) is 15.7. The smallest absolute Gasteiger partial charge is 0.254 e. The molecule has 47 heavy (non-hydrogen) atoms. The quantitative estimate of drug-likeness (QED) is 0.0851. The Kier molecular flexibility index (Phi) is 12.7. The zero-order chi connectivity index (χ0) is 34.1. The first-order valence-electron chi connectivity index (χ1n) is 17.2. The first kappa shape index (κ1) is 35.7. The monoisotopic (exact) mass is 636 g/mol. The SMILES string of the molecule is CCCCNc1c(-c2cccc(C(=N)/C3=C(\C(C)=N)CCC4CC4CC3)c2)cc(C=O)c2c(C(=O)N(C)CCCC)cccc12.CO. The van der Waals surface area contributed by atoms with E-state index >= 15 is 0 Å². The van der Waals surface area contributed by atoms with Crippen molar-refractivity contribution >= 4 is 40.1 Å². The second kappa shape index (κ2) is 16.6. The molecule has 0 aliphatic heterocycles. The zero-order valence-electron chi connectivity index (χ0n) is 28.8. The number of aliphatic hydroxyl groups excluding tert-OH is 1. The summed E-state index contributed by atoms with van der Waals surface area (Å²) in [5, 5.41) is 30.1. The van der Waals surface area contributed by atoms with Crippen molar-refractivity contribution in [3.63, 3.8) is 0 Å². The highest BCUT2D eigenvalue weighted by atomic mass is 16.2. The average Bonchev–Trinajstić information content (AvgIpc) is 3.84. The molecule has 1 fully saturated rings. The van der Waals surface area contributed by atoms with Crippen LogP contribution in [0.2, 0.25) is 0 Å². The number of hydrogen-bond acceptors (Lipinski definition) is 6. The van der Waals surface area contributed by atoms with Crippen LogP contribution in [0.25, 0.3) is 21.9 Å². The van der Waals surface area contributed by atoms with Gasteiger partial charge in [0.2, 0.25) is 0 Å². The van der Waals surface area contributed by atoms with Crippen LogP contribution in [0, 0.1) is 22.7 Å². The Morgan fingerprint density at radius 3 is 2.32 bits per heavy atom. The van der Waals surface area contributed by atoms with Gasteiger partial charge in [0, 0.05) is 71.7 Å².